The predicted octanol–water partition coefficient (Wildman–Crippen LogP) is 4.11. The van der Waals surface area contributed by atoms with Crippen LogP contribution in [0.15, 0.2) is 47.4 Å². The lowest BCUT2D eigenvalue weighted by molar-refractivity contribution is -0.113. The summed E-state index contributed by atoms with van der Waals surface area (Å²) < 4.78 is 0. The molecule has 0 saturated carbocycles. The molecule has 2 aromatic carbocycles. The summed E-state index contributed by atoms with van der Waals surface area (Å²) in [5.74, 6) is 0.603. The first-order valence-corrected chi connectivity index (χ1v) is 8.49. The van der Waals surface area contributed by atoms with Crippen LogP contribution in [0.5, 0.6) is 0 Å². The van der Waals surface area contributed by atoms with E-state index in [-0.39, 0.29) is 11.8 Å². The van der Waals surface area contributed by atoms with E-state index < -0.39 is 0 Å². The van der Waals surface area contributed by atoms with Gasteiger partial charge < -0.3 is 10.6 Å². The first-order valence-electron chi connectivity index (χ1n) is 7.51. The third-order valence-corrected chi connectivity index (χ3v) is 4.76. The molecule has 1 heterocycles. The monoisotopic (exact) mass is 326 g/mol. The van der Waals surface area contributed by atoms with Gasteiger partial charge in [-0.15, -0.1) is 11.8 Å². The van der Waals surface area contributed by atoms with Crippen LogP contribution in [0, 0.1) is 0 Å². The Morgan fingerprint density at radius 2 is 2.04 bits per heavy atom. The highest BCUT2D eigenvalue weighted by atomic mass is 32.2. The average molecular weight is 326 g/mol. The van der Waals surface area contributed by atoms with Crippen LogP contribution in [0.1, 0.15) is 35.7 Å². The van der Waals surface area contributed by atoms with Gasteiger partial charge in [0.15, 0.2) is 0 Å². The van der Waals surface area contributed by atoms with Gasteiger partial charge in [0, 0.05) is 16.1 Å². The predicted molar refractivity (Wildman–Crippen MR) is 94.3 cm³/mol. The third kappa shape index (κ3) is 3.56. The zero-order valence-corrected chi connectivity index (χ0v) is 13.9. The smallest absolute Gasteiger partial charge is 0.255 e. The summed E-state index contributed by atoms with van der Waals surface area (Å²) in [6.07, 6.45) is 0. The lowest BCUT2D eigenvalue weighted by Gasteiger charge is -2.17. The van der Waals surface area contributed by atoms with Crippen molar-refractivity contribution < 1.29 is 9.59 Å². The molecule has 0 radical (unpaired) electrons. The van der Waals surface area contributed by atoms with E-state index in [1.54, 1.807) is 12.1 Å². The lowest BCUT2D eigenvalue weighted by atomic mass is 10.0. The van der Waals surface area contributed by atoms with Crippen molar-refractivity contribution >= 4 is 35.0 Å². The molecule has 0 aromatic heterocycles. The van der Waals surface area contributed by atoms with Crippen LogP contribution in [-0.4, -0.2) is 17.6 Å². The van der Waals surface area contributed by atoms with Gasteiger partial charge in [0.2, 0.25) is 5.91 Å². The minimum Gasteiger partial charge on any atom is -0.324 e. The number of benzene rings is 2. The van der Waals surface area contributed by atoms with Crippen LogP contribution < -0.4 is 10.6 Å². The molecule has 118 valence electrons. The summed E-state index contributed by atoms with van der Waals surface area (Å²) in [6, 6.07) is 13.2. The molecule has 0 spiro atoms. The second-order valence-corrected chi connectivity index (χ2v) is 6.80. The molecule has 2 aromatic rings. The molecule has 1 aliphatic rings. The van der Waals surface area contributed by atoms with Gasteiger partial charge in [-0.2, -0.15) is 0 Å². The fraction of sp³-hybridized carbons (Fsp3) is 0.222. The van der Waals surface area contributed by atoms with Gasteiger partial charge in [-0.1, -0.05) is 26.0 Å². The van der Waals surface area contributed by atoms with Crippen LogP contribution in [0.3, 0.4) is 0 Å². The molecule has 0 unspecified atom stereocenters. The highest BCUT2D eigenvalue weighted by Crippen LogP contribution is 2.32. The minimum absolute atomic E-state index is 0.0373. The molecule has 2 N–H and O–H groups in total. The number of nitrogens with one attached hydrogen (secondary N) is 2. The molecule has 5 heteroatoms. The molecule has 2 amide bonds. The number of anilines is 2. The molecule has 0 bridgehead atoms. The summed E-state index contributed by atoms with van der Waals surface area (Å²) in [5.41, 5.74) is 3.19. The van der Waals surface area contributed by atoms with Crippen molar-refractivity contribution in [2.24, 2.45) is 0 Å². The van der Waals surface area contributed by atoms with E-state index >= 15 is 0 Å². The van der Waals surface area contributed by atoms with Gasteiger partial charge in [-0.3, -0.25) is 9.59 Å². The fourth-order valence-corrected chi connectivity index (χ4v) is 3.19. The molecule has 23 heavy (non-hydrogen) atoms. The fourth-order valence-electron chi connectivity index (χ4n) is 2.40. The van der Waals surface area contributed by atoms with Crippen LogP contribution in [0.2, 0.25) is 0 Å². The summed E-state index contributed by atoms with van der Waals surface area (Å²) in [4.78, 5) is 24.9. The normalized spacial score (nSPS) is 13.4. The molecule has 0 atom stereocenters. The number of carbonyl (C=O) groups excluding carboxylic acids is 2. The van der Waals surface area contributed by atoms with Gasteiger partial charge >= 0.3 is 0 Å². The molecular weight excluding hydrogens is 308 g/mol. The summed E-state index contributed by atoms with van der Waals surface area (Å²) in [7, 11) is 0. The highest BCUT2D eigenvalue weighted by molar-refractivity contribution is 8.00. The van der Waals surface area contributed by atoms with E-state index in [0.29, 0.717) is 22.9 Å². The molecule has 1 aliphatic heterocycles. The maximum Gasteiger partial charge on any atom is 0.255 e. The Balaban J connectivity index is 1.80. The van der Waals surface area contributed by atoms with Crippen molar-refractivity contribution in [2.75, 3.05) is 16.4 Å². The Bertz CT molecular complexity index is 771. The molecule has 0 fully saturated rings. The number of hydrogen-bond acceptors (Lipinski definition) is 3. The number of rotatable bonds is 3. The third-order valence-electron chi connectivity index (χ3n) is 3.69. The molecule has 0 saturated heterocycles. The second kappa shape index (κ2) is 6.46. The minimum atomic E-state index is -0.182. The Morgan fingerprint density at radius 3 is 2.83 bits per heavy atom. The van der Waals surface area contributed by atoms with Crippen LogP contribution >= 0.6 is 11.8 Å². The van der Waals surface area contributed by atoms with E-state index in [1.807, 2.05) is 30.3 Å². The lowest BCUT2D eigenvalue weighted by Crippen LogP contribution is -2.19. The average Bonchev–Trinajstić information content (AvgIpc) is 2.54. The van der Waals surface area contributed by atoms with Crippen molar-refractivity contribution in [2.45, 2.75) is 24.7 Å². The van der Waals surface area contributed by atoms with Gasteiger partial charge in [0.1, 0.15) is 0 Å². The summed E-state index contributed by atoms with van der Waals surface area (Å²) >= 11 is 1.48. The Morgan fingerprint density at radius 1 is 1.22 bits per heavy atom. The van der Waals surface area contributed by atoms with Crippen molar-refractivity contribution in [3.8, 4) is 0 Å². The number of thioether (sulfide) groups is 1. The van der Waals surface area contributed by atoms with Crippen molar-refractivity contribution in [1.29, 1.82) is 0 Å². The van der Waals surface area contributed by atoms with Crippen molar-refractivity contribution in [3.05, 3.63) is 53.6 Å². The summed E-state index contributed by atoms with van der Waals surface area (Å²) in [5, 5.41) is 5.72. The van der Waals surface area contributed by atoms with E-state index in [9.17, 15) is 9.59 Å². The van der Waals surface area contributed by atoms with E-state index in [4.69, 9.17) is 0 Å². The summed E-state index contributed by atoms with van der Waals surface area (Å²) in [6.45, 7) is 4.23. The van der Waals surface area contributed by atoms with Gasteiger partial charge in [-0.25, -0.2) is 0 Å². The van der Waals surface area contributed by atoms with E-state index in [0.717, 1.165) is 10.6 Å². The standard InChI is InChI=1S/C18H18N2O2S/c1-11(2)12-4-3-5-14(8-12)19-18(22)13-6-7-16-15(9-13)20-17(21)10-23-16/h3-9,11H,10H2,1-2H3,(H,19,22)(H,20,21). The topological polar surface area (TPSA) is 58.2 Å². The number of carbonyl (C=O) groups is 2. The molecule has 0 aliphatic carbocycles. The van der Waals surface area contributed by atoms with E-state index in [1.165, 1.54) is 17.3 Å². The zero-order valence-electron chi connectivity index (χ0n) is 13.1. The number of amides is 2. The van der Waals surface area contributed by atoms with Crippen molar-refractivity contribution in [1.82, 2.24) is 0 Å². The number of hydrogen-bond donors (Lipinski definition) is 2. The maximum atomic E-state index is 12.4. The van der Waals surface area contributed by atoms with Crippen LogP contribution in [0.4, 0.5) is 11.4 Å². The van der Waals surface area contributed by atoms with Crippen LogP contribution in [-0.2, 0) is 4.79 Å². The van der Waals surface area contributed by atoms with Gasteiger partial charge in [0.25, 0.3) is 5.91 Å². The largest absolute Gasteiger partial charge is 0.324 e. The first kappa shape index (κ1) is 15.6. The molecule has 4 nitrogen and oxygen atoms in total. The van der Waals surface area contributed by atoms with Gasteiger partial charge in [-0.05, 0) is 41.8 Å². The Labute approximate surface area is 139 Å². The Hall–Kier alpha value is -2.27. The maximum absolute atomic E-state index is 12.4. The molecule has 3 rings (SSSR count). The second-order valence-electron chi connectivity index (χ2n) is 5.78. The zero-order chi connectivity index (χ0) is 16.4. The number of fused-ring (bicyclic) bond motifs is 1. The first-order chi connectivity index (χ1) is 11.0. The van der Waals surface area contributed by atoms with Crippen molar-refractivity contribution in [3.63, 3.8) is 0 Å². The van der Waals surface area contributed by atoms with Crippen LogP contribution in [0.25, 0.3) is 0 Å². The highest BCUT2D eigenvalue weighted by Gasteiger charge is 2.17. The SMILES string of the molecule is CC(C)c1cccc(NC(=O)c2ccc3c(c2)NC(=O)CS3)c1. The van der Waals surface area contributed by atoms with E-state index in [2.05, 4.69) is 24.5 Å². The quantitative estimate of drug-likeness (QED) is 0.892. The molecular formula is C18H18N2O2S. The van der Waals surface area contributed by atoms with Gasteiger partial charge in [0.05, 0.1) is 11.4 Å². The Kier molecular flexibility index (Phi) is 4.39.